The molecule has 3 N–H and O–H groups in total. The Morgan fingerprint density at radius 1 is 1.64 bits per heavy atom. The number of benzene rings is 1. The second-order valence-corrected chi connectivity index (χ2v) is 4.13. The number of aromatic hydroxyl groups is 1. The van der Waals surface area contributed by atoms with Crippen molar-refractivity contribution in [2.45, 2.75) is 12.5 Å². The third-order valence-corrected chi connectivity index (χ3v) is 3.27. The summed E-state index contributed by atoms with van der Waals surface area (Å²) in [5.74, 6) is 0.104. The van der Waals surface area contributed by atoms with Crippen molar-refractivity contribution in [2.24, 2.45) is 5.73 Å². The first-order valence-corrected chi connectivity index (χ1v) is 5.28. The van der Waals surface area contributed by atoms with E-state index in [1.54, 1.807) is 18.2 Å². The molecule has 0 heterocycles. The molecule has 0 radical (unpaired) electrons. The lowest BCUT2D eigenvalue weighted by Crippen LogP contribution is -2.09. The molecule has 0 saturated carbocycles. The van der Waals surface area contributed by atoms with Crippen molar-refractivity contribution in [3.63, 3.8) is 0 Å². The van der Waals surface area contributed by atoms with Crippen molar-refractivity contribution in [1.29, 1.82) is 0 Å². The van der Waals surface area contributed by atoms with E-state index < -0.39 is 0 Å². The topological polar surface area (TPSA) is 46.2 Å². The predicted molar refractivity (Wildman–Crippen MR) is 62.6 cm³/mol. The zero-order chi connectivity index (χ0) is 10.7. The fourth-order valence-electron chi connectivity index (χ4n) is 1.16. The zero-order valence-electron chi connectivity index (χ0n) is 7.50. The van der Waals surface area contributed by atoms with Crippen molar-refractivity contribution < 1.29 is 5.11 Å². The molecule has 0 unspecified atom stereocenters. The highest BCUT2D eigenvalue weighted by atomic mass is 79.9. The van der Waals surface area contributed by atoms with Gasteiger partial charge in [-0.3, -0.25) is 0 Å². The Labute approximate surface area is 96.5 Å². The fraction of sp³-hybridized carbons (Fsp3) is 0.200. The van der Waals surface area contributed by atoms with Crippen LogP contribution in [0.5, 0.6) is 5.75 Å². The Balaban J connectivity index is 3.10. The summed E-state index contributed by atoms with van der Waals surface area (Å²) < 4.78 is 0.483. The molecule has 0 aliphatic carbocycles. The van der Waals surface area contributed by atoms with Gasteiger partial charge < -0.3 is 10.8 Å². The molecule has 0 bridgehead atoms. The van der Waals surface area contributed by atoms with Gasteiger partial charge in [-0.25, -0.2) is 0 Å². The molecule has 0 aliphatic rings. The van der Waals surface area contributed by atoms with Gasteiger partial charge in [0.2, 0.25) is 0 Å². The lowest BCUT2D eigenvalue weighted by Gasteiger charge is -2.13. The molecular formula is C10H11BrClNO. The average Bonchev–Trinajstić information content (AvgIpc) is 2.15. The van der Waals surface area contributed by atoms with E-state index in [2.05, 4.69) is 22.5 Å². The van der Waals surface area contributed by atoms with E-state index >= 15 is 0 Å². The summed E-state index contributed by atoms with van der Waals surface area (Å²) in [5.41, 5.74) is 6.50. The lowest BCUT2D eigenvalue weighted by molar-refractivity contribution is 0.458. The number of rotatable bonds is 3. The van der Waals surface area contributed by atoms with Crippen LogP contribution < -0.4 is 5.73 Å². The maximum atomic E-state index is 9.73. The maximum absolute atomic E-state index is 9.73. The van der Waals surface area contributed by atoms with E-state index in [0.717, 1.165) is 0 Å². The van der Waals surface area contributed by atoms with Gasteiger partial charge in [-0.2, -0.15) is 0 Å². The molecule has 0 spiro atoms. The number of halogens is 2. The monoisotopic (exact) mass is 275 g/mol. The molecule has 76 valence electrons. The van der Waals surface area contributed by atoms with Crippen LogP contribution in [0, 0.1) is 0 Å². The highest BCUT2D eigenvalue weighted by Crippen LogP contribution is 2.37. The first-order valence-electron chi connectivity index (χ1n) is 4.11. The maximum Gasteiger partial charge on any atom is 0.136 e. The van der Waals surface area contributed by atoms with E-state index in [9.17, 15) is 5.11 Å². The summed E-state index contributed by atoms with van der Waals surface area (Å²) in [6.45, 7) is 3.60. The molecule has 0 aromatic heterocycles. The van der Waals surface area contributed by atoms with Crippen LogP contribution in [0.1, 0.15) is 18.0 Å². The van der Waals surface area contributed by atoms with Crippen LogP contribution in [-0.2, 0) is 0 Å². The van der Waals surface area contributed by atoms with Gasteiger partial charge in [0.25, 0.3) is 0 Å². The van der Waals surface area contributed by atoms with Gasteiger partial charge >= 0.3 is 0 Å². The summed E-state index contributed by atoms with van der Waals surface area (Å²) in [6, 6.07) is 3.17. The number of phenols is 1. The first-order chi connectivity index (χ1) is 6.57. The van der Waals surface area contributed by atoms with Gasteiger partial charge in [0.15, 0.2) is 0 Å². The van der Waals surface area contributed by atoms with Gasteiger partial charge in [-0.1, -0.05) is 23.7 Å². The highest BCUT2D eigenvalue weighted by Gasteiger charge is 2.13. The predicted octanol–water partition coefficient (Wildman–Crippen LogP) is 3.38. The Kier molecular flexibility index (Phi) is 3.98. The molecule has 0 aliphatic heterocycles. The van der Waals surface area contributed by atoms with Crippen molar-refractivity contribution in [1.82, 2.24) is 0 Å². The minimum Gasteiger partial charge on any atom is -0.506 e. The Morgan fingerprint density at radius 2 is 2.29 bits per heavy atom. The van der Waals surface area contributed by atoms with Crippen LogP contribution in [-0.4, -0.2) is 5.11 Å². The fourth-order valence-corrected chi connectivity index (χ4v) is 1.67. The average molecular weight is 277 g/mol. The SMILES string of the molecule is C=CC[C@@H](N)c1ccc(Cl)c(Br)c1O. The minimum atomic E-state index is -0.249. The quantitative estimate of drug-likeness (QED) is 0.831. The van der Waals surface area contributed by atoms with Gasteiger partial charge in [-0.15, -0.1) is 6.58 Å². The van der Waals surface area contributed by atoms with Crippen molar-refractivity contribution in [3.8, 4) is 5.75 Å². The Bertz CT molecular complexity index is 354. The van der Waals surface area contributed by atoms with Crippen LogP contribution >= 0.6 is 27.5 Å². The van der Waals surface area contributed by atoms with E-state index in [-0.39, 0.29) is 11.8 Å². The number of phenolic OH excluding ortho intramolecular Hbond substituents is 1. The Morgan fingerprint density at radius 3 is 2.86 bits per heavy atom. The molecule has 0 fully saturated rings. The first kappa shape index (κ1) is 11.6. The molecule has 1 aromatic rings. The molecule has 1 rings (SSSR count). The second-order valence-electron chi connectivity index (χ2n) is 2.93. The van der Waals surface area contributed by atoms with Gasteiger partial charge in [0.05, 0.1) is 9.50 Å². The summed E-state index contributed by atoms with van der Waals surface area (Å²) in [5, 5.41) is 10.2. The molecule has 1 atom stereocenters. The molecule has 0 amide bonds. The largest absolute Gasteiger partial charge is 0.506 e. The summed E-state index contributed by atoms with van der Waals surface area (Å²) in [6.07, 6.45) is 2.33. The molecule has 14 heavy (non-hydrogen) atoms. The smallest absolute Gasteiger partial charge is 0.136 e. The summed E-state index contributed by atoms with van der Waals surface area (Å²) >= 11 is 8.99. The molecule has 4 heteroatoms. The van der Waals surface area contributed by atoms with Crippen molar-refractivity contribution >= 4 is 27.5 Å². The van der Waals surface area contributed by atoms with Crippen LogP contribution in [0.25, 0.3) is 0 Å². The van der Waals surface area contributed by atoms with Crippen molar-refractivity contribution in [3.05, 3.63) is 39.8 Å². The zero-order valence-corrected chi connectivity index (χ0v) is 9.85. The normalized spacial score (nSPS) is 12.5. The standard InChI is InChI=1S/C10H11BrClNO/c1-2-3-8(13)6-4-5-7(12)9(11)10(6)14/h2,4-5,8,14H,1,3,13H2/t8-/m1/s1. The minimum absolute atomic E-state index is 0.104. The lowest BCUT2D eigenvalue weighted by atomic mass is 10.0. The van der Waals surface area contributed by atoms with Crippen LogP contribution in [0.4, 0.5) is 0 Å². The van der Waals surface area contributed by atoms with E-state index in [1.807, 2.05) is 0 Å². The van der Waals surface area contributed by atoms with Gasteiger partial charge in [0, 0.05) is 11.6 Å². The molecular weight excluding hydrogens is 265 g/mol. The van der Waals surface area contributed by atoms with E-state index in [4.69, 9.17) is 17.3 Å². The molecule has 1 aromatic carbocycles. The van der Waals surface area contributed by atoms with Crippen molar-refractivity contribution in [2.75, 3.05) is 0 Å². The summed E-state index contributed by atoms with van der Waals surface area (Å²) in [4.78, 5) is 0. The highest BCUT2D eigenvalue weighted by molar-refractivity contribution is 9.10. The number of nitrogens with two attached hydrogens (primary N) is 1. The Hall–Kier alpha value is -0.510. The number of hydrogen-bond acceptors (Lipinski definition) is 2. The van der Waals surface area contributed by atoms with E-state index in [0.29, 0.717) is 21.5 Å². The third-order valence-electron chi connectivity index (χ3n) is 1.92. The van der Waals surface area contributed by atoms with Crippen LogP contribution in [0.3, 0.4) is 0 Å². The van der Waals surface area contributed by atoms with Crippen LogP contribution in [0.15, 0.2) is 29.3 Å². The van der Waals surface area contributed by atoms with Crippen LogP contribution in [0.2, 0.25) is 5.02 Å². The molecule has 0 saturated heterocycles. The second kappa shape index (κ2) is 4.82. The van der Waals surface area contributed by atoms with Gasteiger partial charge in [0.1, 0.15) is 5.75 Å². The van der Waals surface area contributed by atoms with Gasteiger partial charge in [-0.05, 0) is 28.4 Å². The molecule has 2 nitrogen and oxygen atoms in total. The third kappa shape index (κ3) is 2.29. The van der Waals surface area contributed by atoms with E-state index in [1.165, 1.54) is 0 Å². The number of hydrogen-bond donors (Lipinski definition) is 2. The summed E-state index contributed by atoms with van der Waals surface area (Å²) in [7, 11) is 0.